The van der Waals surface area contributed by atoms with E-state index >= 15 is 0 Å². The molecule has 1 aromatic rings. The molecular weight excluding hydrogens is 226 g/mol. The Hall–Kier alpha value is -1.84. The Morgan fingerprint density at radius 2 is 2.19 bits per heavy atom. The van der Waals surface area contributed by atoms with Crippen molar-refractivity contribution in [2.24, 2.45) is 5.14 Å². The summed E-state index contributed by atoms with van der Waals surface area (Å²) in [4.78, 5) is 0. The van der Waals surface area contributed by atoms with Gasteiger partial charge in [-0.1, -0.05) is 24.3 Å². The average Bonchev–Trinajstić information content (AvgIpc) is 2.16. The highest BCUT2D eigenvalue weighted by Gasteiger charge is 2.09. The van der Waals surface area contributed by atoms with Gasteiger partial charge < -0.3 is 0 Å². The van der Waals surface area contributed by atoms with Crippen LogP contribution in [0.4, 0.5) is 5.69 Å². The van der Waals surface area contributed by atoms with E-state index in [9.17, 15) is 8.42 Å². The summed E-state index contributed by atoms with van der Waals surface area (Å²) in [5.74, 6) is 0. The average molecular weight is 237 g/mol. The summed E-state index contributed by atoms with van der Waals surface area (Å²) in [5.41, 5.74) is 1.06. The van der Waals surface area contributed by atoms with Crippen molar-refractivity contribution in [1.82, 2.24) is 0 Å². The highest BCUT2D eigenvalue weighted by atomic mass is 32.2. The zero-order valence-electron chi connectivity index (χ0n) is 8.64. The van der Waals surface area contributed by atoms with Gasteiger partial charge in [-0.05, 0) is 18.6 Å². The van der Waals surface area contributed by atoms with Gasteiger partial charge in [-0.3, -0.25) is 4.72 Å². The van der Waals surface area contributed by atoms with Crippen LogP contribution in [0.2, 0.25) is 0 Å². The predicted molar refractivity (Wildman–Crippen MR) is 62.6 cm³/mol. The van der Waals surface area contributed by atoms with Gasteiger partial charge in [-0.25, -0.2) is 5.14 Å². The van der Waals surface area contributed by atoms with Gasteiger partial charge >= 0.3 is 0 Å². The molecule has 0 spiro atoms. The minimum Gasteiger partial charge on any atom is -0.270 e. The molecule has 0 saturated carbocycles. The SMILES string of the molecule is CC=Cc1cccc(NS(N)(=O)=O)c1C#N. The molecule has 0 aliphatic rings. The lowest BCUT2D eigenvalue weighted by Crippen LogP contribution is -2.22. The molecule has 0 aliphatic carbocycles. The van der Waals surface area contributed by atoms with E-state index in [-0.39, 0.29) is 11.3 Å². The quantitative estimate of drug-likeness (QED) is 0.826. The molecule has 5 nitrogen and oxygen atoms in total. The van der Waals surface area contributed by atoms with Crippen LogP contribution in [0.15, 0.2) is 24.3 Å². The molecule has 0 aliphatic heterocycles. The number of benzene rings is 1. The fourth-order valence-corrected chi connectivity index (χ4v) is 1.73. The lowest BCUT2D eigenvalue weighted by molar-refractivity contribution is 0.603. The molecule has 84 valence electrons. The van der Waals surface area contributed by atoms with E-state index in [2.05, 4.69) is 4.72 Å². The lowest BCUT2D eigenvalue weighted by Gasteiger charge is -2.07. The number of nitrogens with one attached hydrogen (secondary N) is 1. The van der Waals surface area contributed by atoms with E-state index in [0.29, 0.717) is 5.56 Å². The van der Waals surface area contributed by atoms with Gasteiger partial charge in [0.05, 0.1) is 11.3 Å². The zero-order chi connectivity index (χ0) is 12.2. The number of nitrogens with zero attached hydrogens (tertiary/aromatic N) is 1. The summed E-state index contributed by atoms with van der Waals surface area (Å²) in [6, 6.07) is 6.78. The number of nitrogens with two attached hydrogens (primary N) is 1. The van der Waals surface area contributed by atoms with E-state index in [0.717, 1.165) is 0 Å². The lowest BCUT2D eigenvalue weighted by atomic mass is 10.1. The number of hydrogen-bond donors (Lipinski definition) is 2. The van der Waals surface area contributed by atoms with Gasteiger partial charge in [-0.2, -0.15) is 13.7 Å². The first-order valence-corrected chi connectivity index (χ1v) is 5.99. The van der Waals surface area contributed by atoms with Crippen LogP contribution in [0.5, 0.6) is 0 Å². The van der Waals surface area contributed by atoms with Gasteiger partial charge in [0.25, 0.3) is 10.2 Å². The van der Waals surface area contributed by atoms with Gasteiger partial charge in [-0.15, -0.1) is 0 Å². The highest BCUT2D eigenvalue weighted by Crippen LogP contribution is 2.20. The van der Waals surface area contributed by atoms with Crippen LogP contribution in [-0.2, 0) is 10.2 Å². The highest BCUT2D eigenvalue weighted by molar-refractivity contribution is 7.90. The maximum atomic E-state index is 10.9. The summed E-state index contributed by atoms with van der Waals surface area (Å²) in [7, 11) is -3.87. The Kier molecular flexibility index (Phi) is 3.66. The first-order chi connectivity index (χ1) is 7.48. The number of hydrogen-bond acceptors (Lipinski definition) is 3. The molecule has 1 aromatic carbocycles. The Balaban J connectivity index is 3.31. The van der Waals surface area contributed by atoms with Crippen molar-refractivity contribution >= 4 is 22.0 Å². The maximum Gasteiger partial charge on any atom is 0.296 e. The Bertz CT molecular complexity index is 556. The van der Waals surface area contributed by atoms with Crippen molar-refractivity contribution in [3.63, 3.8) is 0 Å². The smallest absolute Gasteiger partial charge is 0.270 e. The molecule has 6 heteroatoms. The van der Waals surface area contributed by atoms with Gasteiger partial charge in [0.1, 0.15) is 6.07 Å². The van der Waals surface area contributed by atoms with Crippen molar-refractivity contribution in [3.05, 3.63) is 35.4 Å². The number of nitriles is 1. The molecule has 0 radical (unpaired) electrons. The van der Waals surface area contributed by atoms with Crippen molar-refractivity contribution < 1.29 is 8.42 Å². The summed E-state index contributed by atoms with van der Waals surface area (Å²) >= 11 is 0. The second kappa shape index (κ2) is 4.79. The Morgan fingerprint density at radius 3 is 2.69 bits per heavy atom. The van der Waals surface area contributed by atoms with Crippen LogP contribution in [0.1, 0.15) is 18.1 Å². The molecule has 0 heterocycles. The van der Waals surface area contributed by atoms with Gasteiger partial charge in [0, 0.05) is 0 Å². The summed E-state index contributed by atoms with van der Waals surface area (Å²) in [6.07, 6.45) is 3.48. The second-order valence-corrected chi connectivity index (χ2v) is 4.32. The van der Waals surface area contributed by atoms with Gasteiger partial charge in [0.15, 0.2) is 0 Å². The largest absolute Gasteiger partial charge is 0.296 e. The van der Waals surface area contributed by atoms with Crippen molar-refractivity contribution in [2.45, 2.75) is 6.92 Å². The van der Waals surface area contributed by atoms with Crippen LogP contribution in [0.25, 0.3) is 6.08 Å². The van der Waals surface area contributed by atoms with Gasteiger partial charge in [0.2, 0.25) is 0 Å². The van der Waals surface area contributed by atoms with Crippen molar-refractivity contribution in [2.75, 3.05) is 4.72 Å². The minimum absolute atomic E-state index is 0.181. The molecular formula is C10H11N3O2S. The summed E-state index contributed by atoms with van der Waals surface area (Å²) < 4.78 is 23.8. The van der Waals surface area contributed by atoms with Crippen molar-refractivity contribution in [1.29, 1.82) is 5.26 Å². The van der Waals surface area contributed by atoms with Crippen LogP contribution in [-0.4, -0.2) is 8.42 Å². The third-order valence-corrected chi connectivity index (χ3v) is 2.31. The van der Waals surface area contributed by atoms with Crippen LogP contribution >= 0.6 is 0 Å². The van der Waals surface area contributed by atoms with Crippen LogP contribution in [0, 0.1) is 11.3 Å². The molecule has 0 bridgehead atoms. The van der Waals surface area contributed by atoms with Crippen LogP contribution in [0.3, 0.4) is 0 Å². The maximum absolute atomic E-state index is 10.9. The Morgan fingerprint density at radius 1 is 1.50 bits per heavy atom. The third-order valence-electron chi connectivity index (χ3n) is 1.81. The summed E-state index contributed by atoms with van der Waals surface area (Å²) in [6.45, 7) is 1.81. The molecule has 0 saturated heterocycles. The van der Waals surface area contributed by atoms with E-state index in [1.165, 1.54) is 6.07 Å². The first kappa shape index (κ1) is 12.2. The van der Waals surface area contributed by atoms with Crippen LogP contribution < -0.4 is 9.86 Å². The number of allylic oxidation sites excluding steroid dienone is 1. The standard InChI is InChI=1S/C10H11N3O2S/c1-2-4-8-5-3-6-10(9(8)7-11)13-16(12,14)15/h2-6,13H,1H3,(H2,12,14,15). The van der Waals surface area contributed by atoms with E-state index in [1.807, 2.05) is 6.07 Å². The number of anilines is 1. The zero-order valence-corrected chi connectivity index (χ0v) is 9.45. The Labute approximate surface area is 94.4 Å². The van der Waals surface area contributed by atoms with E-state index in [1.54, 1.807) is 31.2 Å². The molecule has 1 rings (SSSR count). The molecule has 0 atom stereocenters. The van der Waals surface area contributed by atoms with Crippen molar-refractivity contribution in [3.8, 4) is 6.07 Å². The normalized spacial score (nSPS) is 11.3. The third kappa shape index (κ3) is 3.08. The molecule has 0 fully saturated rings. The molecule has 16 heavy (non-hydrogen) atoms. The fourth-order valence-electron chi connectivity index (χ4n) is 1.25. The summed E-state index contributed by atoms with van der Waals surface area (Å²) in [5, 5.41) is 13.8. The second-order valence-electron chi connectivity index (χ2n) is 3.03. The molecule has 0 aromatic heterocycles. The molecule has 0 amide bonds. The molecule has 0 unspecified atom stereocenters. The number of rotatable bonds is 3. The predicted octanol–water partition coefficient (Wildman–Crippen LogP) is 1.21. The topological polar surface area (TPSA) is 96.0 Å². The molecule has 3 N–H and O–H groups in total. The van der Waals surface area contributed by atoms with E-state index < -0.39 is 10.2 Å². The fraction of sp³-hybridized carbons (Fsp3) is 0.100. The van der Waals surface area contributed by atoms with E-state index in [4.69, 9.17) is 10.4 Å². The minimum atomic E-state index is -3.87. The first-order valence-electron chi connectivity index (χ1n) is 4.44. The monoisotopic (exact) mass is 237 g/mol.